The lowest BCUT2D eigenvalue weighted by atomic mass is 10.0. The van der Waals surface area contributed by atoms with E-state index in [1.165, 1.54) is 122 Å². The van der Waals surface area contributed by atoms with Crippen molar-refractivity contribution in [3.63, 3.8) is 0 Å². The number of hydrogen-bond donors (Lipinski definition) is 1. The third-order valence-corrected chi connectivity index (χ3v) is 15.1. The largest absolute Gasteiger partial charge is 0.477 e. The molecule has 9 nitrogen and oxygen atoms in total. The standard InChI is InChI=1S/C80H133NO8/c1-6-8-10-12-14-16-18-20-22-24-26-28-30-32-34-35-36-37-38-39-40-41-42-43-45-47-49-51-53-55-57-59-61-63-65-67-69-71-78(83)89-76(75-88-80(79(84)85)86-73-72-81(3,4)5)74-87-77(82)70-68-66-64-62-60-58-56-54-52-50-48-46-44-33-31-29-27-25-23-21-19-17-15-13-11-9-7-2/h8,10,14,16,19-22,25-28,32,34,36-37,39-40,42-43,47,49,53,55,76,80H,6-7,9,11-13,15,17-18,23-24,29-31,33,35,38,41,44-46,48,50-52,54,56-75H2,1-5H3/p+1/b10-8-,16-14-,21-19-,22-20-,27-25-,28-26-,34-32-,37-36-,40-39-,43-42-,49-47-,55-53-. The van der Waals surface area contributed by atoms with Crippen LogP contribution in [0.5, 0.6) is 0 Å². The summed E-state index contributed by atoms with van der Waals surface area (Å²) in [5.74, 6) is -2.03. The number of ether oxygens (including phenoxy) is 4. The van der Waals surface area contributed by atoms with E-state index in [-0.39, 0.29) is 32.2 Å². The average Bonchev–Trinajstić information content (AvgIpc) is 3.70. The van der Waals surface area contributed by atoms with Crippen molar-refractivity contribution in [1.29, 1.82) is 0 Å². The summed E-state index contributed by atoms with van der Waals surface area (Å²) >= 11 is 0. The molecular formula is C80H134NO8+. The highest BCUT2D eigenvalue weighted by molar-refractivity contribution is 5.71. The Morgan fingerprint density at radius 3 is 0.955 bits per heavy atom. The Kier molecular flexibility index (Phi) is 65.3. The Bertz CT molecular complexity index is 1970. The topological polar surface area (TPSA) is 108 Å². The second-order valence-corrected chi connectivity index (χ2v) is 24.8. The quantitative estimate of drug-likeness (QED) is 0.0211. The SMILES string of the molecule is CC/C=C\C/C=C\C/C=C\C/C=C\C/C=C\C/C=C\C/C=C\C/C=C\C/C=C\C/C=C\CCCCCCCCC(=O)OC(COC(=O)CCCCCCCCCCCCCCCCC/C=C\C/C=C\CCCCCCC)COC(OCC[N+](C)(C)C)C(=O)O. The molecule has 0 amide bonds. The summed E-state index contributed by atoms with van der Waals surface area (Å²) in [7, 11) is 5.97. The summed E-state index contributed by atoms with van der Waals surface area (Å²) in [6.07, 6.45) is 98.1. The van der Waals surface area contributed by atoms with E-state index < -0.39 is 24.3 Å². The van der Waals surface area contributed by atoms with Crippen LogP contribution in [-0.4, -0.2) is 87.4 Å². The van der Waals surface area contributed by atoms with Gasteiger partial charge in [0.1, 0.15) is 13.2 Å². The van der Waals surface area contributed by atoms with Crippen molar-refractivity contribution in [3.8, 4) is 0 Å². The number of unbranched alkanes of at least 4 members (excludes halogenated alkanes) is 26. The van der Waals surface area contributed by atoms with Crippen LogP contribution in [0.4, 0.5) is 0 Å². The minimum Gasteiger partial charge on any atom is -0.477 e. The summed E-state index contributed by atoms with van der Waals surface area (Å²) in [4.78, 5) is 37.6. The van der Waals surface area contributed by atoms with Gasteiger partial charge in [-0.2, -0.15) is 0 Å². The van der Waals surface area contributed by atoms with Crippen LogP contribution in [0.15, 0.2) is 146 Å². The van der Waals surface area contributed by atoms with E-state index in [0.717, 1.165) is 128 Å². The van der Waals surface area contributed by atoms with Gasteiger partial charge in [0.2, 0.25) is 0 Å². The van der Waals surface area contributed by atoms with E-state index in [1.54, 1.807) is 0 Å². The van der Waals surface area contributed by atoms with Gasteiger partial charge in [0.05, 0.1) is 34.4 Å². The van der Waals surface area contributed by atoms with Crippen molar-refractivity contribution in [3.05, 3.63) is 146 Å². The summed E-state index contributed by atoms with van der Waals surface area (Å²) in [6, 6.07) is 0. The first kappa shape index (κ1) is 84.2. The normalized spacial score (nSPS) is 13.6. The van der Waals surface area contributed by atoms with Gasteiger partial charge < -0.3 is 28.5 Å². The molecule has 2 unspecified atom stereocenters. The van der Waals surface area contributed by atoms with Crippen molar-refractivity contribution in [2.24, 2.45) is 0 Å². The Labute approximate surface area is 547 Å². The van der Waals surface area contributed by atoms with Crippen LogP contribution in [0.25, 0.3) is 0 Å². The zero-order chi connectivity index (χ0) is 64.7. The van der Waals surface area contributed by atoms with Gasteiger partial charge in [0.15, 0.2) is 6.10 Å². The first-order chi connectivity index (χ1) is 43.6. The predicted molar refractivity (Wildman–Crippen MR) is 382 cm³/mol. The molecule has 506 valence electrons. The fourth-order valence-electron chi connectivity index (χ4n) is 9.60. The van der Waals surface area contributed by atoms with Gasteiger partial charge in [0, 0.05) is 12.8 Å². The highest BCUT2D eigenvalue weighted by atomic mass is 16.7. The van der Waals surface area contributed by atoms with Gasteiger partial charge in [-0.15, -0.1) is 0 Å². The second kappa shape index (κ2) is 69.1. The number of quaternary nitrogens is 1. The fraction of sp³-hybridized carbons (Fsp3) is 0.662. The molecule has 0 saturated heterocycles. The molecule has 2 atom stereocenters. The van der Waals surface area contributed by atoms with Gasteiger partial charge in [-0.05, 0) is 122 Å². The third-order valence-electron chi connectivity index (χ3n) is 15.1. The Morgan fingerprint density at radius 2 is 0.640 bits per heavy atom. The van der Waals surface area contributed by atoms with Gasteiger partial charge in [-0.25, -0.2) is 4.79 Å². The van der Waals surface area contributed by atoms with E-state index in [2.05, 4.69) is 160 Å². The number of rotatable bonds is 65. The summed E-state index contributed by atoms with van der Waals surface area (Å²) in [5.41, 5.74) is 0. The molecule has 0 aromatic rings. The zero-order valence-electron chi connectivity index (χ0n) is 57.8. The smallest absolute Gasteiger partial charge is 0.361 e. The number of carboxylic acids is 1. The van der Waals surface area contributed by atoms with Crippen LogP contribution in [0.3, 0.4) is 0 Å². The summed E-state index contributed by atoms with van der Waals surface area (Å²) in [6.45, 7) is 4.74. The lowest BCUT2D eigenvalue weighted by Crippen LogP contribution is -2.40. The molecule has 1 N–H and O–H groups in total. The molecule has 0 aliphatic rings. The lowest BCUT2D eigenvalue weighted by Gasteiger charge is -2.25. The van der Waals surface area contributed by atoms with Crippen LogP contribution in [-0.2, 0) is 33.3 Å². The molecule has 0 aromatic carbocycles. The lowest BCUT2D eigenvalue weighted by molar-refractivity contribution is -0.870. The number of aliphatic carboxylic acids is 1. The fourth-order valence-corrected chi connectivity index (χ4v) is 9.60. The first-order valence-corrected chi connectivity index (χ1v) is 36.0. The predicted octanol–water partition coefficient (Wildman–Crippen LogP) is 22.7. The minimum absolute atomic E-state index is 0.178. The molecule has 0 heterocycles. The van der Waals surface area contributed by atoms with Crippen molar-refractivity contribution >= 4 is 17.9 Å². The van der Waals surface area contributed by atoms with Gasteiger partial charge in [-0.1, -0.05) is 295 Å². The van der Waals surface area contributed by atoms with Crippen LogP contribution >= 0.6 is 0 Å². The molecule has 9 heteroatoms. The number of carboxylic acid groups (broad SMARTS) is 1. The van der Waals surface area contributed by atoms with E-state index in [9.17, 15) is 19.5 Å². The van der Waals surface area contributed by atoms with Crippen molar-refractivity contribution in [1.82, 2.24) is 0 Å². The third kappa shape index (κ3) is 70.5. The number of nitrogens with zero attached hydrogens (tertiary/aromatic N) is 1. The molecule has 0 spiro atoms. The highest BCUT2D eigenvalue weighted by Crippen LogP contribution is 2.16. The van der Waals surface area contributed by atoms with Crippen molar-refractivity contribution < 1.29 is 42.9 Å². The Morgan fingerprint density at radius 1 is 0.348 bits per heavy atom. The minimum atomic E-state index is -1.52. The van der Waals surface area contributed by atoms with E-state index >= 15 is 0 Å². The maximum atomic E-state index is 13.0. The molecule has 0 saturated carbocycles. The number of carbonyl (C=O) groups excluding carboxylic acids is 2. The number of esters is 2. The maximum Gasteiger partial charge on any atom is 0.361 e. The number of hydrogen-bond acceptors (Lipinski definition) is 7. The number of carbonyl (C=O) groups is 3. The summed E-state index contributed by atoms with van der Waals surface area (Å²) in [5, 5.41) is 9.75. The summed E-state index contributed by atoms with van der Waals surface area (Å²) < 4.78 is 23.0. The van der Waals surface area contributed by atoms with E-state index in [0.29, 0.717) is 23.9 Å². The van der Waals surface area contributed by atoms with Gasteiger partial charge >= 0.3 is 17.9 Å². The number of allylic oxidation sites excluding steroid dienone is 24. The van der Waals surface area contributed by atoms with E-state index in [1.807, 2.05) is 21.1 Å². The first-order valence-electron chi connectivity index (χ1n) is 36.0. The van der Waals surface area contributed by atoms with Crippen LogP contribution in [0, 0.1) is 0 Å². The Hall–Kier alpha value is -4.83. The number of likely N-dealkylation sites (N-methyl/N-ethyl adjacent to an activating group) is 1. The molecule has 0 aliphatic heterocycles. The molecule has 0 bridgehead atoms. The molecule has 89 heavy (non-hydrogen) atoms. The van der Waals surface area contributed by atoms with E-state index in [4.69, 9.17) is 18.9 Å². The monoisotopic (exact) mass is 1240 g/mol. The molecular weight excluding hydrogens is 1100 g/mol. The maximum absolute atomic E-state index is 13.0. The van der Waals surface area contributed by atoms with Crippen LogP contribution < -0.4 is 0 Å². The van der Waals surface area contributed by atoms with Gasteiger partial charge in [0.25, 0.3) is 6.29 Å². The highest BCUT2D eigenvalue weighted by Gasteiger charge is 2.25. The zero-order valence-corrected chi connectivity index (χ0v) is 57.8. The average molecular weight is 1240 g/mol. The van der Waals surface area contributed by atoms with Crippen LogP contribution in [0.2, 0.25) is 0 Å². The second-order valence-electron chi connectivity index (χ2n) is 24.8. The molecule has 0 aliphatic carbocycles. The molecule has 0 fully saturated rings. The van der Waals surface area contributed by atoms with Crippen molar-refractivity contribution in [2.45, 2.75) is 296 Å². The Balaban J connectivity index is 4.20. The molecule has 0 rings (SSSR count). The molecule has 0 radical (unpaired) electrons. The molecule has 0 aromatic heterocycles. The van der Waals surface area contributed by atoms with Crippen LogP contribution in [0.1, 0.15) is 284 Å². The van der Waals surface area contributed by atoms with Crippen molar-refractivity contribution in [2.75, 3.05) is 47.5 Å². The van der Waals surface area contributed by atoms with Gasteiger partial charge in [-0.3, -0.25) is 9.59 Å².